The number of unbranched alkanes of at least 4 members (excludes halogenated alkanes) is 5. The average molecular weight is 767 g/mol. The van der Waals surface area contributed by atoms with Crippen LogP contribution in [-0.4, -0.2) is 39.0 Å². The summed E-state index contributed by atoms with van der Waals surface area (Å²) in [4.78, 5) is 14.4. The third-order valence-corrected chi connectivity index (χ3v) is 12.6. The lowest BCUT2D eigenvalue weighted by atomic mass is 9.52. The molecule has 4 aliphatic rings. The van der Waals surface area contributed by atoms with Crippen LogP contribution in [0.3, 0.4) is 0 Å². The maximum Gasteiger partial charge on any atom is 0.315 e. The molecule has 7 heteroatoms. The van der Waals surface area contributed by atoms with Crippen molar-refractivity contribution in [1.29, 1.82) is 0 Å². The summed E-state index contributed by atoms with van der Waals surface area (Å²) in [6.45, 7) is 13.8. The normalized spacial score (nSPS) is 21.2. The number of carbonyl (C=O) groups is 1. The van der Waals surface area contributed by atoms with Gasteiger partial charge in [-0.25, -0.2) is 0 Å². The summed E-state index contributed by atoms with van der Waals surface area (Å²) >= 11 is 0. The Bertz CT molecular complexity index is 1910. The number of carbonyl (C=O) groups excluding carboxylic acids is 1. The highest BCUT2D eigenvalue weighted by atomic mass is 16.6. The number of fused-ring (bicyclic) bond motifs is 6. The molecule has 0 spiro atoms. The van der Waals surface area contributed by atoms with Gasteiger partial charge in [0.25, 0.3) is 0 Å². The Labute approximate surface area is 335 Å². The second-order valence-corrected chi connectivity index (χ2v) is 16.9. The minimum Gasteiger partial charge on any atom is -0.490 e. The third-order valence-electron chi connectivity index (χ3n) is 12.6. The predicted octanol–water partition coefficient (Wildman–Crippen LogP) is 13.0. The van der Waals surface area contributed by atoms with Crippen LogP contribution in [0.1, 0.15) is 131 Å². The lowest BCUT2D eigenvalue weighted by molar-refractivity contribution is -0.152. The first kappa shape index (κ1) is 40.3. The first-order chi connectivity index (χ1) is 27.5. The van der Waals surface area contributed by atoms with E-state index in [1.54, 1.807) is 0 Å². The number of rotatable bonds is 22. The van der Waals surface area contributed by atoms with Crippen LogP contribution in [0.15, 0.2) is 36.4 Å². The van der Waals surface area contributed by atoms with Crippen LogP contribution in [0.4, 0.5) is 0 Å². The lowest BCUT2D eigenvalue weighted by Crippen LogP contribution is -2.49. The molecule has 4 aliphatic carbocycles. The zero-order valence-corrected chi connectivity index (χ0v) is 34.9. The highest BCUT2D eigenvalue weighted by molar-refractivity contribution is 6.28. The SMILES string of the molecule is CCCCOc1cc2c(cc1OCCCC)c1ccc(OCCCC)c(OCCCC)c1c1cc(OCCCC)c(OC(=O)C3C4CC5CC(C4)CC3C5)cc21. The molecule has 4 fully saturated rings. The molecule has 7 nitrogen and oxygen atoms in total. The molecule has 0 amide bonds. The van der Waals surface area contributed by atoms with Crippen LogP contribution in [0.2, 0.25) is 0 Å². The first-order valence-electron chi connectivity index (χ1n) is 22.4. The van der Waals surface area contributed by atoms with E-state index < -0.39 is 0 Å². The number of hydrogen-bond acceptors (Lipinski definition) is 7. The van der Waals surface area contributed by atoms with Crippen LogP contribution >= 0.6 is 0 Å². The van der Waals surface area contributed by atoms with Gasteiger partial charge in [-0.05, 0) is 151 Å². The van der Waals surface area contributed by atoms with Gasteiger partial charge in [0.1, 0.15) is 0 Å². The van der Waals surface area contributed by atoms with Crippen LogP contribution in [0.25, 0.3) is 32.3 Å². The molecule has 0 aliphatic heterocycles. The van der Waals surface area contributed by atoms with E-state index in [-0.39, 0.29) is 11.9 Å². The summed E-state index contributed by atoms with van der Waals surface area (Å²) in [5.41, 5.74) is 0. The van der Waals surface area contributed by atoms with Gasteiger partial charge in [0.2, 0.25) is 0 Å². The van der Waals surface area contributed by atoms with Crippen LogP contribution in [0, 0.1) is 29.6 Å². The third kappa shape index (κ3) is 8.67. The fourth-order valence-electron chi connectivity index (χ4n) is 9.84. The van der Waals surface area contributed by atoms with E-state index in [1.807, 2.05) is 0 Å². The van der Waals surface area contributed by atoms with Crippen molar-refractivity contribution in [3.8, 4) is 34.5 Å². The van der Waals surface area contributed by atoms with Crippen molar-refractivity contribution in [2.45, 2.75) is 131 Å². The largest absolute Gasteiger partial charge is 0.490 e. The van der Waals surface area contributed by atoms with Crippen LogP contribution in [0.5, 0.6) is 34.5 Å². The van der Waals surface area contributed by atoms with Crippen molar-refractivity contribution in [3.63, 3.8) is 0 Å². The monoisotopic (exact) mass is 766 g/mol. The lowest BCUT2D eigenvalue weighted by Gasteiger charge is -2.53. The topological polar surface area (TPSA) is 72.5 Å². The van der Waals surface area contributed by atoms with Crippen LogP contribution in [-0.2, 0) is 4.79 Å². The quantitative estimate of drug-likeness (QED) is 0.0341. The summed E-state index contributed by atoms with van der Waals surface area (Å²) in [5, 5.41) is 5.97. The van der Waals surface area contributed by atoms with E-state index >= 15 is 0 Å². The van der Waals surface area contributed by atoms with Gasteiger partial charge in [-0.1, -0.05) is 66.7 Å². The van der Waals surface area contributed by atoms with E-state index in [1.165, 1.54) is 6.42 Å². The maximum absolute atomic E-state index is 14.4. The van der Waals surface area contributed by atoms with Crippen molar-refractivity contribution in [2.24, 2.45) is 29.6 Å². The molecule has 4 aromatic carbocycles. The van der Waals surface area contributed by atoms with Gasteiger partial charge in [-0.15, -0.1) is 0 Å². The average Bonchev–Trinajstić information content (AvgIpc) is 3.19. The fourth-order valence-corrected chi connectivity index (χ4v) is 9.84. The van der Waals surface area contributed by atoms with Gasteiger partial charge >= 0.3 is 5.97 Å². The van der Waals surface area contributed by atoms with E-state index in [0.717, 1.165) is 157 Å². The van der Waals surface area contributed by atoms with Crippen molar-refractivity contribution < 1.29 is 33.2 Å². The molecule has 304 valence electrons. The van der Waals surface area contributed by atoms with Crippen molar-refractivity contribution in [3.05, 3.63) is 36.4 Å². The Morgan fingerprint density at radius 3 is 1.41 bits per heavy atom. The summed E-state index contributed by atoms with van der Waals surface area (Å²) in [7, 11) is 0. The molecule has 4 bridgehead atoms. The Kier molecular flexibility index (Phi) is 13.7. The summed E-state index contributed by atoms with van der Waals surface area (Å²) in [6.07, 6.45) is 15.8. The molecule has 0 aromatic heterocycles. The highest BCUT2D eigenvalue weighted by Gasteiger charge is 2.51. The Morgan fingerprint density at radius 2 is 0.893 bits per heavy atom. The van der Waals surface area contributed by atoms with Crippen LogP contribution < -0.4 is 28.4 Å². The zero-order chi connectivity index (χ0) is 39.0. The minimum absolute atomic E-state index is 0.0434. The first-order valence-corrected chi connectivity index (χ1v) is 22.4. The second-order valence-electron chi connectivity index (χ2n) is 16.9. The molecule has 4 saturated carbocycles. The molecule has 0 radical (unpaired) electrons. The van der Waals surface area contributed by atoms with Crippen molar-refractivity contribution in [2.75, 3.05) is 33.0 Å². The summed E-state index contributed by atoms with van der Waals surface area (Å²) in [6, 6.07) is 12.7. The number of ether oxygens (including phenoxy) is 6. The summed E-state index contributed by atoms with van der Waals surface area (Å²) < 4.78 is 39.3. The molecule has 0 N–H and O–H groups in total. The second kappa shape index (κ2) is 19.0. The molecule has 0 atom stereocenters. The molecule has 56 heavy (non-hydrogen) atoms. The van der Waals surface area contributed by atoms with Crippen molar-refractivity contribution >= 4 is 38.3 Å². The Balaban J connectivity index is 1.44. The number of hydrogen-bond donors (Lipinski definition) is 0. The smallest absolute Gasteiger partial charge is 0.315 e. The zero-order valence-electron chi connectivity index (χ0n) is 34.9. The van der Waals surface area contributed by atoms with E-state index in [9.17, 15) is 4.79 Å². The molecule has 4 aromatic rings. The van der Waals surface area contributed by atoms with Gasteiger partial charge in [-0.3, -0.25) is 4.79 Å². The van der Waals surface area contributed by atoms with Gasteiger partial charge in [0.15, 0.2) is 34.5 Å². The molecule has 8 rings (SSSR count). The van der Waals surface area contributed by atoms with E-state index in [0.29, 0.717) is 56.4 Å². The number of benzene rings is 4. The Hall–Kier alpha value is -3.87. The van der Waals surface area contributed by atoms with Gasteiger partial charge in [-0.2, -0.15) is 0 Å². The molecule has 0 saturated heterocycles. The van der Waals surface area contributed by atoms with Gasteiger partial charge in [0.05, 0.1) is 39.0 Å². The van der Waals surface area contributed by atoms with Gasteiger partial charge in [0, 0.05) is 5.39 Å². The minimum atomic E-state index is -0.0889. The molecular weight excluding hydrogens is 701 g/mol. The fraction of sp³-hybridized carbons (Fsp3) is 0.612. The van der Waals surface area contributed by atoms with E-state index in [4.69, 9.17) is 28.4 Å². The molecule has 0 unspecified atom stereocenters. The Morgan fingerprint density at radius 1 is 0.482 bits per heavy atom. The highest BCUT2D eigenvalue weighted by Crippen LogP contribution is 2.57. The van der Waals surface area contributed by atoms with Crippen molar-refractivity contribution in [1.82, 2.24) is 0 Å². The number of esters is 1. The van der Waals surface area contributed by atoms with Gasteiger partial charge < -0.3 is 28.4 Å². The molecular formula is C49H66O7. The maximum atomic E-state index is 14.4. The standard InChI is InChI=1S/C49H66O7/c1-6-11-18-51-41-17-16-36-37-28-42(52-19-12-7-2)43(53-20-13-8-3)29-38(37)39-30-45(56-49(50)46-34-24-32-23-33(26-34)27-35(46)25-32)44(54-21-14-9-4)31-40(39)47(36)48(41)55-22-15-10-5/h16-17,28-35,46H,6-15,18-27H2,1-5H3. The van der Waals surface area contributed by atoms with E-state index in [2.05, 4.69) is 71.0 Å². The predicted molar refractivity (Wildman–Crippen MR) is 227 cm³/mol. The molecule has 0 heterocycles. The summed E-state index contributed by atoms with van der Waals surface area (Å²) in [5.74, 6) is 6.34.